The highest BCUT2D eigenvalue weighted by atomic mass is 19.1. The second-order valence-electron chi connectivity index (χ2n) is 5.45. The van der Waals surface area contributed by atoms with Crippen molar-refractivity contribution >= 4 is 17.0 Å². The SMILES string of the molecule is Cc1nc2ccc(-c3cc(C(=O)O)cc(F)c3C(C)O)cc2[nH]1. The van der Waals surface area contributed by atoms with Crippen molar-refractivity contribution in [2.45, 2.75) is 20.0 Å². The van der Waals surface area contributed by atoms with Crippen LogP contribution in [0.15, 0.2) is 30.3 Å². The molecule has 3 aromatic rings. The summed E-state index contributed by atoms with van der Waals surface area (Å²) in [5.74, 6) is -1.21. The van der Waals surface area contributed by atoms with Crippen LogP contribution in [0.1, 0.15) is 34.8 Å². The van der Waals surface area contributed by atoms with Crippen molar-refractivity contribution < 1.29 is 19.4 Å². The van der Waals surface area contributed by atoms with Gasteiger partial charge in [-0.15, -0.1) is 0 Å². The van der Waals surface area contributed by atoms with Crippen molar-refractivity contribution in [1.82, 2.24) is 9.97 Å². The van der Waals surface area contributed by atoms with Gasteiger partial charge in [-0.25, -0.2) is 14.2 Å². The Hall–Kier alpha value is -2.73. The van der Waals surface area contributed by atoms with E-state index in [-0.39, 0.29) is 11.1 Å². The number of aliphatic hydroxyl groups excluding tert-OH is 1. The molecule has 0 saturated heterocycles. The maximum Gasteiger partial charge on any atom is 0.335 e. The first-order valence-corrected chi connectivity index (χ1v) is 7.08. The van der Waals surface area contributed by atoms with Crippen LogP contribution in [-0.2, 0) is 0 Å². The van der Waals surface area contributed by atoms with Crippen LogP contribution in [0.3, 0.4) is 0 Å². The molecule has 0 amide bonds. The van der Waals surface area contributed by atoms with Gasteiger partial charge in [0, 0.05) is 5.56 Å². The molecule has 1 atom stereocenters. The van der Waals surface area contributed by atoms with E-state index in [9.17, 15) is 14.3 Å². The number of benzene rings is 2. The number of aryl methyl sites for hydroxylation is 1. The molecule has 2 aromatic carbocycles. The van der Waals surface area contributed by atoms with Crippen LogP contribution >= 0.6 is 0 Å². The molecule has 0 aliphatic rings. The molecule has 1 aromatic heterocycles. The number of hydrogen-bond acceptors (Lipinski definition) is 3. The lowest BCUT2D eigenvalue weighted by atomic mass is 9.93. The summed E-state index contributed by atoms with van der Waals surface area (Å²) in [5, 5.41) is 19.0. The summed E-state index contributed by atoms with van der Waals surface area (Å²) in [6.45, 7) is 3.27. The number of aromatic nitrogens is 2. The third-order valence-corrected chi connectivity index (χ3v) is 3.71. The Morgan fingerprint density at radius 3 is 2.70 bits per heavy atom. The molecule has 0 saturated carbocycles. The van der Waals surface area contributed by atoms with Crippen molar-refractivity contribution in [2.24, 2.45) is 0 Å². The Kier molecular flexibility index (Phi) is 3.61. The number of carboxylic acid groups (broad SMARTS) is 1. The lowest BCUT2D eigenvalue weighted by molar-refractivity contribution is 0.0696. The van der Waals surface area contributed by atoms with E-state index in [0.717, 1.165) is 22.9 Å². The van der Waals surface area contributed by atoms with E-state index in [1.54, 1.807) is 18.2 Å². The van der Waals surface area contributed by atoms with E-state index in [0.29, 0.717) is 11.1 Å². The molecule has 1 heterocycles. The van der Waals surface area contributed by atoms with Crippen LogP contribution < -0.4 is 0 Å². The molecule has 3 rings (SSSR count). The third kappa shape index (κ3) is 2.68. The fourth-order valence-corrected chi connectivity index (χ4v) is 2.71. The van der Waals surface area contributed by atoms with Crippen molar-refractivity contribution in [3.63, 3.8) is 0 Å². The number of nitrogens with zero attached hydrogens (tertiary/aromatic N) is 1. The molecule has 118 valence electrons. The first-order valence-electron chi connectivity index (χ1n) is 7.08. The summed E-state index contributed by atoms with van der Waals surface area (Å²) >= 11 is 0. The zero-order valence-electron chi connectivity index (χ0n) is 12.6. The molecular weight excluding hydrogens is 299 g/mol. The third-order valence-electron chi connectivity index (χ3n) is 3.71. The Morgan fingerprint density at radius 2 is 2.04 bits per heavy atom. The van der Waals surface area contributed by atoms with Gasteiger partial charge in [0.2, 0.25) is 0 Å². The highest BCUT2D eigenvalue weighted by Crippen LogP contribution is 2.33. The van der Waals surface area contributed by atoms with E-state index in [1.807, 2.05) is 6.92 Å². The van der Waals surface area contributed by atoms with E-state index in [4.69, 9.17) is 5.11 Å². The molecular formula is C17H15FN2O3. The van der Waals surface area contributed by atoms with E-state index < -0.39 is 17.9 Å². The lowest BCUT2D eigenvalue weighted by Gasteiger charge is -2.14. The number of carbonyl (C=O) groups is 1. The number of aromatic carboxylic acids is 1. The van der Waals surface area contributed by atoms with Crippen LogP contribution in [0.25, 0.3) is 22.2 Å². The van der Waals surface area contributed by atoms with Crippen LogP contribution in [0.5, 0.6) is 0 Å². The fourth-order valence-electron chi connectivity index (χ4n) is 2.71. The molecule has 0 spiro atoms. The number of halogens is 1. The van der Waals surface area contributed by atoms with E-state index >= 15 is 0 Å². The number of carboxylic acids is 1. The summed E-state index contributed by atoms with van der Waals surface area (Å²) in [6, 6.07) is 7.56. The van der Waals surface area contributed by atoms with Crippen molar-refractivity contribution in [3.8, 4) is 11.1 Å². The molecule has 0 bridgehead atoms. The zero-order valence-corrected chi connectivity index (χ0v) is 12.6. The average Bonchev–Trinajstić information content (AvgIpc) is 2.84. The predicted octanol–water partition coefficient (Wildman–Crippen LogP) is 3.43. The second-order valence-corrected chi connectivity index (χ2v) is 5.45. The normalized spacial score (nSPS) is 12.5. The number of rotatable bonds is 3. The van der Waals surface area contributed by atoms with Crippen LogP contribution in [0.2, 0.25) is 0 Å². The Balaban J connectivity index is 2.28. The summed E-state index contributed by atoms with van der Waals surface area (Å²) in [7, 11) is 0. The number of aliphatic hydroxyl groups is 1. The minimum absolute atomic E-state index is 0.0746. The van der Waals surface area contributed by atoms with Gasteiger partial charge in [-0.3, -0.25) is 0 Å². The average molecular weight is 314 g/mol. The smallest absolute Gasteiger partial charge is 0.335 e. The van der Waals surface area contributed by atoms with Crippen molar-refractivity contribution in [3.05, 3.63) is 53.1 Å². The first-order chi connectivity index (χ1) is 10.9. The van der Waals surface area contributed by atoms with Gasteiger partial charge >= 0.3 is 5.97 Å². The fraction of sp³-hybridized carbons (Fsp3) is 0.176. The number of imidazole rings is 1. The standard InChI is InChI=1S/C17H15FN2O3/c1-8(21)16-12(5-11(17(22)23)6-13(16)18)10-3-4-14-15(7-10)20-9(2)19-14/h3-8,21H,1-2H3,(H,19,20)(H,22,23). The predicted molar refractivity (Wildman–Crippen MR) is 83.8 cm³/mol. The highest BCUT2D eigenvalue weighted by molar-refractivity contribution is 5.91. The summed E-state index contributed by atoms with van der Waals surface area (Å²) < 4.78 is 14.3. The number of hydrogen-bond donors (Lipinski definition) is 3. The summed E-state index contributed by atoms with van der Waals surface area (Å²) in [5.41, 5.74) is 2.40. The quantitative estimate of drug-likeness (QED) is 0.691. The Bertz CT molecular complexity index is 916. The molecule has 5 nitrogen and oxygen atoms in total. The number of aromatic amines is 1. The van der Waals surface area contributed by atoms with Crippen molar-refractivity contribution in [1.29, 1.82) is 0 Å². The maximum atomic E-state index is 14.3. The Morgan fingerprint density at radius 1 is 1.30 bits per heavy atom. The topological polar surface area (TPSA) is 86.2 Å². The van der Waals surface area contributed by atoms with Gasteiger partial charge in [0.05, 0.1) is 22.7 Å². The number of H-pyrrole nitrogens is 1. The van der Waals surface area contributed by atoms with Gasteiger partial charge in [-0.05, 0) is 49.2 Å². The van der Waals surface area contributed by atoms with Crippen LogP contribution in [-0.4, -0.2) is 26.2 Å². The largest absolute Gasteiger partial charge is 0.478 e. The van der Waals surface area contributed by atoms with Gasteiger partial charge in [0.1, 0.15) is 11.6 Å². The van der Waals surface area contributed by atoms with E-state index in [1.165, 1.54) is 13.0 Å². The molecule has 0 aliphatic carbocycles. The zero-order chi connectivity index (χ0) is 16.7. The van der Waals surface area contributed by atoms with Crippen LogP contribution in [0, 0.1) is 12.7 Å². The maximum absolute atomic E-state index is 14.3. The molecule has 0 radical (unpaired) electrons. The number of nitrogens with one attached hydrogen (secondary N) is 1. The molecule has 0 aliphatic heterocycles. The minimum atomic E-state index is -1.22. The van der Waals surface area contributed by atoms with Gasteiger partial charge in [-0.2, -0.15) is 0 Å². The minimum Gasteiger partial charge on any atom is -0.478 e. The lowest BCUT2D eigenvalue weighted by Crippen LogP contribution is -2.05. The Labute approximate surface area is 131 Å². The van der Waals surface area contributed by atoms with Gasteiger partial charge in [0.25, 0.3) is 0 Å². The number of fused-ring (bicyclic) bond motifs is 1. The highest BCUT2D eigenvalue weighted by Gasteiger charge is 2.19. The summed E-state index contributed by atoms with van der Waals surface area (Å²) in [4.78, 5) is 18.6. The van der Waals surface area contributed by atoms with Gasteiger partial charge in [-0.1, -0.05) is 6.07 Å². The van der Waals surface area contributed by atoms with Gasteiger partial charge < -0.3 is 15.2 Å². The van der Waals surface area contributed by atoms with E-state index in [2.05, 4.69) is 9.97 Å². The molecule has 1 unspecified atom stereocenters. The summed E-state index contributed by atoms with van der Waals surface area (Å²) in [6.07, 6.45) is -1.06. The molecule has 6 heteroatoms. The first kappa shape index (κ1) is 15.2. The van der Waals surface area contributed by atoms with Crippen molar-refractivity contribution in [2.75, 3.05) is 0 Å². The molecule has 3 N–H and O–H groups in total. The molecule has 0 fully saturated rings. The van der Waals surface area contributed by atoms with Crippen LogP contribution in [0.4, 0.5) is 4.39 Å². The second kappa shape index (κ2) is 5.48. The molecule has 23 heavy (non-hydrogen) atoms. The monoisotopic (exact) mass is 314 g/mol. The van der Waals surface area contributed by atoms with Gasteiger partial charge in [0.15, 0.2) is 0 Å².